The maximum absolute atomic E-state index is 11.4. The predicted molar refractivity (Wildman–Crippen MR) is 98.5 cm³/mol. The molecular formula is C17H33NO5S. The summed E-state index contributed by atoms with van der Waals surface area (Å²) in [5.74, 6) is 0.845. The molecule has 0 aliphatic carbocycles. The number of alkyl carbamates (subject to hydrolysis) is 1. The molecule has 0 aliphatic rings. The maximum atomic E-state index is 11.4. The molecular weight excluding hydrogens is 330 g/mol. The van der Waals surface area contributed by atoms with E-state index in [1.807, 2.05) is 20.8 Å². The quantitative estimate of drug-likeness (QED) is 0.684. The Bertz CT molecular complexity index is 393. The van der Waals surface area contributed by atoms with Crippen molar-refractivity contribution in [1.29, 1.82) is 0 Å². The Morgan fingerprint density at radius 1 is 1.12 bits per heavy atom. The molecule has 2 atom stereocenters. The lowest BCUT2D eigenvalue weighted by Crippen LogP contribution is -2.36. The topological polar surface area (TPSA) is 92.7 Å². The zero-order valence-electron chi connectivity index (χ0n) is 16.0. The Hall–Kier alpha value is -1.24. The Labute approximate surface area is 150 Å². The van der Waals surface area contributed by atoms with Gasteiger partial charge in [0, 0.05) is 11.7 Å². The standard InChI is InChI=1S/C11H21NO3.C6H12O2S/c1-6-8(2)9(13)7-12-10(14)15-11(3,4)5;1-3-9-4-5(2)6(7)8/h8H,6-7H2,1-5H3,(H,12,14);5H,3-4H2,1-2H3,(H,7,8)/t;5-/m.0/s1. The largest absolute Gasteiger partial charge is 0.481 e. The first-order valence-corrected chi connectivity index (χ1v) is 9.40. The SMILES string of the molecule is CCC(C)C(=O)CNC(=O)OC(C)(C)C.CCSC[C@H](C)C(=O)O. The minimum absolute atomic E-state index is 0.0139. The van der Waals surface area contributed by atoms with E-state index in [1.54, 1.807) is 39.5 Å². The fourth-order valence-corrected chi connectivity index (χ4v) is 1.97. The van der Waals surface area contributed by atoms with Gasteiger partial charge in [0.15, 0.2) is 5.78 Å². The molecule has 142 valence electrons. The van der Waals surface area contributed by atoms with Crippen molar-refractivity contribution in [2.24, 2.45) is 11.8 Å². The molecule has 0 heterocycles. The van der Waals surface area contributed by atoms with Crippen molar-refractivity contribution >= 4 is 29.6 Å². The van der Waals surface area contributed by atoms with Crippen LogP contribution in [0, 0.1) is 11.8 Å². The smallest absolute Gasteiger partial charge is 0.408 e. The molecule has 0 aromatic heterocycles. The van der Waals surface area contributed by atoms with Gasteiger partial charge in [-0.2, -0.15) is 11.8 Å². The van der Waals surface area contributed by atoms with Crippen molar-refractivity contribution in [2.45, 2.75) is 60.5 Å². The van der Waals surface area contributed by atoms with Crippen LogP contribution < -0.4 is 5.32 Å². The molecule has 0 aromatic rings. The number of hydrogen-bond donors (Lipinski definition) is 2. The first-order valence-electron chi connectivity index (χ1n) is 8.24. The van der Waals surface area contributed by atoms with Crippen LogP contribution in [0.15, 0.2) is 0 Å². The molecule has 0 saturated heterocycles. The lowest BCUT2D eigenvalue weighted by atomic mass is 10.0. The third-order valence-electron chi connectivity index (χ3n) is 2.96. The van der Waals surface area contributed by atoms with E-state index in [0.29, 0.717) is 0 Å². The van der Waals surface area contributed by atoms with Gasteiger partial charge in [-0.25, -0.2) is 4.79 Å². The van der Waals surface area contributed by atoms with Crippen LogP contribution in [0.2, 0.25) is 0 Å². The van der Waals surface area contributed by atoms with E-state index in [9.17, 15) is 14.4 Å². The number of ketones is 1. The number of ether oxygens (including phenoxy) is 1. The number of amides is 1. The number of carboxylic acid groups (broad SMARTS) is 1. The van der Waals surface area contributed by atoms with E-state index in [1.165, 1.54) is 0 Å². The van der Waals surface area contributed by atoms with Crippen LogP contribution >= 0.6 is 11.8 Å². The molecule has 6 nitrogen and oxygen atoms in total. The number of carbonyl (C=O) groups is 3. The molecule has 0 rings (SSSR count). The highest BCUT2D eigenvalue weighted by atomic mass is 32.2. The second kappa shape index (κ2) is 13.1. The summed E-state index contributed by atoms with van der Waals surface area (Å²) in [6.07, 6.45) is 0.244. The fourth-order valence-electron chi connectivity index (χ4n) is 1.24. The molecule has 0 saturated carbocycles. The Balaban J connectivity index is 0. The van der Waals surface area contributed by atoms with Crippen LogP contribution in [0.4, 0.5) is 4.79 Å². The second-order valence-corrected chi connectivity index (χ2v) is 7.85. The van der Waals surface area contributed by atoms with Crippen LogP contribution in [0.1, 0.15) is 54.9 Å². The molecule has 0 aliphatic heterocycles. The number of carbonyl (C=O) groups excluding carboxylic acids is 2. The minimum Gasteiger partial charge on any atom is -0.481 e. The van der Waals surface area contributed by atoms with Gasteiger partial charge in [-0.1, -0.05) is 27.7 Å². The Morgan fingerprint density at radius 3 is 2.04 bits per heavy atom. The lowest BCUT2D eigenvalue weighted by Gasteiger charge is -2.19. The number of carboxylic acids is 1. The van der Waals surface area contributed by atoms with Crippen LogP contribution in [0.25, 0.3) is 0 Å². The molecule has 0 fully saturated rings. The molecule has 0 spiro atoms. The number of nitrogens with one attached hydrogen (secondary N) is 1. The Kier molecular flexibility index (Phi) is 13.6. The third-order valence-corrected chi connectivity index (χ3v) is 4.11. The highest BCUT2D eigenvalue weighted by Gasteiger charge is 2.17. The normalized spacial score (nSPS) is 13.1. The zero-order valence-corrected chi connectivity index (χ0v) is 16.8. The second-order valence-electron chi connectivity index (χ2n) is 6.53. The van der Waals surface area contributed by atoms with Gasteiger partial charge >= 0.3 is 12.1 Å². The van der Waals surface area contributed by atoms with Crippen molar-refractivity contribution in [3.8, 4) is 0 Å². The van der Waals surface area contributed by atoms with Gasteiger partial charge in [0.2, 0.25) is 0 Å². The summed E-state index contributed by atoms with van der Waals surface area (Å²) >= 11 is 1.66. The van der Waals surface area contributed by atoms with Crippen LogP contribution in [-0.2, 0) is 14.3 Å². The molecule has 2 N–H and O–H groups in total. The summed E-state index contributed by atoms with van der Waals surface area (Å²) in [6, 6.07) is 0. The molecule has 1 unspecified atom stereocenters. The zero-order chi connectivity index (χ0) is 19.3. The van der Waals surface area contributed by atoms with Crippen molar-refractivity contribution in [3.05, 3.63) is 0 Å². The number of thioether (sulfide) groups is 1. The molecule has 0 aromatic carbocycles. The van der Waals surface area contributed by atoms with Gasteiger partial charge in [-0.3, -0.25) is 9.59 Å². The molecule has 0 bridgehead atoms. The summed E-state index contributed by atoms with van der Waals surface area (Å²) < 4.78 is 5.00. The molecule has 24 heavy (non-hydrogen) atoms. The van der Waals surface area contributed by atoms with Crippen LogP contribution in [0.5, 0.6) is 0 Å². The molecule has 7 heteroatoms. The van der Waals surface area contributed by atoms with E-state index in [-0.39, 0.29) is 24.2 Å². The van der Waals surface area contributed by atoms with Gasteiger partial charge in [-0.15, -0.1) is 0 Å². The minimum atomic E-state index is -0.698. The summed E-state index contributed by atoms with van der Waals surface area (Å²) in [7, 11) is 0. The molecule has 0 radical (unpaired) electrons. The van der Waals surface area contributed by atoms with Gasteiger partial charge in [0.25, 0.3) is 0 Å². The average Bonchev–Trinajstić information content (AvgIpc) is 2.48. The highest BCUT2D eigenvalue weighted by Crippen LogP contribution is 2.07. The average molecular weight is 364 g/mol. The van der Waals surface area contributed by atoms with Gasteiger partial charge in [-0.05, 0) is 32.9 Å². The van der Waals surface area contributed by atoms with Crippen molar-refractivity contribution in [1.82, 2.24) is 5.32 Å². The number of aliphatic carboxylic acids is 1. The van der Waals surface area contributed by atoms with Gasteiger partial charge in [0.05, 0.1) is 12.5 Å². The summed E-state index contributed by atoms with van der Waals surface area (Å²) in [4.78, 5) is 32.8. The van der Waals surface area contributed by atoms with Crippen molar-refractivity contribution in [2.75, 3.05) is 18.1 Å². The van der Waals surface area contributed by atoms with E-state index in [4.69, 9.17) is 9.84 Å². The number of rotatable bonds is 8. The van der Waals surface area contributed by atoms with E-state index >= 15 is 0 Å². The van der Waals surface area contributed by atoms with E-state index < -0.39 is 17.7 Å². The molecule has 1 amide bonds. The first-order chi connectivity index (χ1) is 10.9. The van der Waals surface area contributed by atoms with Crippen LogP contribution in [-0.4, -0.2) is 46.6 Å². The summed E-state index contributed by atoms with van der Waals surface area (Å²) in [6.45, 7) is 12.9. The lowest BCUT2D eigenvalue weighted by molar-refractivity contribution is -0.140. The highest BCUT2D eigenvalue weighted by molar-refractivity contribution is 7.99. The third kappa shape index (κ3) is 15.6. The maximum Gasteiger partial charge on any atom is 0.408 e. The Morgan fingerprint density at radius 2 is 1.67 bits per heavy atom. The summed E-state index contributed by atoms with van der Waals surface area (Å²) in [5.41, 5.74) is -0.524. The van der Waals surface area contributed by atoms with Gasteiger partial charge in [0.1, 0.15) is 5.60 Å². The monoisotopic (exact) mass is 363 g/mol. The predicted octanol–water partition coefficient (Wildman–Crippen LogP) is 3.59. The first kappa shape index (κ1) is 25.0. The van der Waals surface area contributed by atoms with Gasteiger partial charge < -0.3 is 15.2 Å². The van der Waals surface area contributed by atoms with Crippen LogP contribution in [0.3, 0.4) is 0 Å². The fraction of sp³-hybridized carbons (Fsp3) is 0.824. The van der Waals surface area contributed by atoms with E-state index in [2.05, 4.69) is 5.32 Å². The number of Topliss-reactive ketones (excluding diaryl/α,β-unsaturated/α-hetero) is 1. The van der Waals surface area contributed by atoms with Crippen molar-refractivity contribution < 1.29 is 24.2 Å². The number of hydrogen-bond acceptors (Lipinski definition) is 5. The van der Waals surface area contributed by atoms with Crippen molar-refractivity contribution in [3.63, 3.8) is 0 Å². The summed E-state index contributed by atoms with van der Waals surface area (Å²) in [5, 5.41) is 10.8. The van der Waals surface area contributed by atoms with E-state index in [0.717, 1.165) is 17.9 Å².